The molecule has 4 aliphatic rings. The van der Waals surface area contributed by atoms with E-state index in [2.05, 4.69) is 61.3 Å². The van der Waals surface area contributed by atoms with E-state index >= 15 is 0 Å². The van der Waals surface area contributed by atoms with Crippen LogP contribution >= 0.6 is 0 Å². The molecule has 0 N–H and O–H groups in total. The van der Waals surface area contributed by atoms with Gasteiger partial charge in [-0.3, -0.25) is 0 Å². The molecule has 2 aliphatic carbocycles. The van der Waals surface area contributed by atoms with Crippen LogP contribution in [0.15, 0.2) is 40.3 Å². The molecule has 0 bridgehead atoms. The molecule has 0 aromatic heterocycles. The van der Waals surface area contributed by atoms with Crippen molar-refractivity contribution >= 4 is 16.5 Å². The number of nitrogens with zero attached hydrogens (tertiary/aromatic N) is 2. The second-order valence-electron chi connectivity index (χ2n) is 10.5. The van der Waals surface area contributed by atoms with Gasteiger partial charge in [-0.15, -0.1) is 0 Å². The van der Waals surface area contributed by atoms with Gasteiger partial charge in [0.25, 0.3) is 0 Å². The first-order chi connectivity index (χ1) is 13.7. The fourth-order valence-corrected chi connectivity index (χ4v) is 20.9. The summed E-state index contributed by atoms with van der Waals surface area (Å²) in [4.78, 5) is 0. The van der Waals surface area contributed by atoms with E-state index in [9.17, 15) is 0 Å². The first-order valence-corrected chi connectivity index (χ1v) is 20.2. The molecule has 172 valence electrons. The van der Waals surface area contributed by atoms with Crippen molar-refractivity contribution in [2.45, 2.75) is 78.6 Å². The van der Waals surface area contributed by atoms with Gasteiger partial charge in [0.2, 0.25) is 0 Å². The van der Waals surface area contributed by atoms with Gasteiger partial charge in [-0.2, -0.15) is 0 Å². The molecule has 0 amide bonds. The number of rotatable bonds is 6. The second kappa shape index (κ2) is 11.0. The van der Waals surface area contributed by atoms with Crippen molar-refractivity contribution in [1.82, 2.24) is 9.13 Å². The molecule has 2 aliphatic heterocycles. The van der Waals surface area contributed by atoms with Crippen molar-refractivity contribution < 1.29 is 48.0 Å². The van der Waals surface area contributed by atoms with Crippen molar-refractivity contribution in [2.24, 2.45) is 0 Å². The topological polar surface area (TPSA) is 6.48 Å². The van der Waals surface area contributed by atoms with E-state index in [0.717, 1.165) is 0 Å². The minimum atomic E-state index is -1.47. The van der Waals surface area contributed by atoms with Crippen molar-refractivity contribution in [3.05, 3.63) is 40.3 Å². The van der Waals surface area contributed by atoms with Gasteiger partial charge < -0.3 is 24.8 Å². The molecule has 0 radical (unpaired) electrons. The van der Waals surface area contributed by atoms with Crippen LogP contribution < -0.4 is 24.8 Å². The maximum absolute atomic E-state index is 2.91. The monoisotopic (exact) mass is 572 g/mol. The van der Waals surface area contributed by atoms with Crippen molar-refractivity contribution in [3.63, 3.8) is 0 Å². The molecule has 2 fully saturated rings. The van der Waals surface area contributed by atoms with E-state index in [1.54, 1.807) is 11.1 Å². The molecular formula is C24H40Cl2N2Si2Zr. The van der Waals surface area contributed by atoms with Gasteiger partial charge in [-0.05, 0) is 0 Å². The summed E-state index contributed by atoms with van der Waals surface area (Å²) in [7, 11) is -2.93. The molecule has 2 saturated heterocycles. The Morgan fingerprint density at radius 1 is 0.645 bits per heavy atom. The van der Waals surface area contributed by atoms with E-state index in [0.29, 0.717) is 0 Å². The molecule has 0 aromatic carbocycles. The predicted octanol–water partition coefficient (Wildman–Crippen LogP) is -0.0347. The zero-order chi connectivity index (χ0) is 20.8. The van der Waals surface area contributed by atoms with Gasteiger partial charge in [-0.25, -0.2) is 0 Å². The molecule has 2 nitrogen and oxygen atoms in total. The summed E-state index contributed by atoms with van der Waals surface area (Å²) < 4.78 is 9.60. The zero-order valence-electron chi connectivity index (χ0n) is 20.4. The third kappa shape index (κ3) is 5.39. The van der Waals surface area contributed by atoms with Crippen molar-refractivity contribution in [1.29, 1.82) is 0 Å². The smallest absolute Gasteiger partial charge is 1.00 e. The molecule has 7 heteroatoms. The van der Waals surface area contributed by atoms with E-state index in [4.69, 9.17) is 0 Å². The number of allylic oxidation sites excluding steroid dienone is 8. The molecule has 4 rings (SSSR count). The summed E-state index contributed by atoms with van der Waals surface area (Å²) in [5, 5.41) is 3.83. The quantitative estimate of drug-likeness (QED) is 0.411. The summed E-state index contributed by atoms with van der Waals surface area (Å²) in [6, 6.07) is 0. The van der Waals surface area contributed by atoms with Gasteiger partial charge in [0.15, 0.2) is 0 Å². The van der Waals surface area contributed by atoms with Crippen LogP contribution in [0.1, 0.15) is 52.4 Å². The predicted molar refractivity (Wildman–Crippen MR) is 127 cm³/mol. The summed E-state index contributed by atoms with van der Waals surface area (Å²) >= 11 is -0.758. The summed E-state index contributed by atoms with van der Waals surface area (Å²) in [6.07, 6.45) is 13.3. The van der Waals surface area contributed by atoms with Crippen LogP contribution in [0.3, 0.4) is 0 Å². The second-order valence-corrected chi connectivity index (χ2v) is 22.3. The van der Waals surface area contributed by atoms with Gasteiger partial charge >= 0.3 is 194 Å². The minimum Gasteiger partial charge on any atom is -1.00 e. The van der Waals surface area contributed by atoms with Gasteiger partial charge in [0.1, 0.15) is 0 Å². The molecule has 0 aromatic rings. The van der Waals surface area contributed by atoms with Crippen molar-refractivity contribution in [3.8, 4) is 0 Å². The molecule has 0 spiro atoms. The number of hydrogen-bond acceptors (Lipinski definition) is 2. The van der Waals surface area contributed by atoms with E-state index in [1.807, 2.05) is 17.0 Å². The summed E-state index contributed by atoms with van der Waals surface area (Å²) in [6.45, 7) is 20.8. The molecule has 31 heavy (non-hydrogen) atoms. The largest absolute Gasteiger partial charge is 1.00 e. The Morgan fingerprint density at radius 3 is 1.29 bits per heavy atom. The molecule has 0 atom stereocenters. The third-order valence-electron chi connectivity index (χ3n) is 8.14. The Hall–Kier alpha value is 0.777. The van der Waals surface area contributed by atoms with E-state index in [1.165, 1.54) is 64.7 Å². The number of halogens is 2. The van der Waals surface area contributed by atoms with Crippen LogP contribution in [0.5, 0.6) is 0 Å². The fourth-order valence-electron chi connectivity index (χ4n) is 5.91. The SMILES string of the molecule is CC1=CCC([Si](C)(C)N2CCCC2)=[C]1[Zr+2][C]1=C([Si](C)(C)N2CCCC2)CC=C1C.[Cl-].[Cl-]. The average Bonchev–Trinajstić information content (AvgIpc) is 3.44. The molecule has 0 saturated carbocycles. The first kappa shape index (κ1) is 28.0. The molecular weight excluding hydrogens is 535 g/mol. The zero-order valence-corrected chi connectivity index (χ0v) is 26.3. The van der Waals surface area contributed by atoms with Crippen LogP contribution in [-0.2, 0) is 23.2 Å². The van der Waals surface area contributed by atoms with E-state index < -0.39 is 39.7 Å². The minimum absolute atomic E-state index is 0. The Kier molecular flexibility index (Phi) is 9.95. The fraction of sp³-hybridized carbons (Fsp3) is 0.667. The average molecular weight is 575 g/mol. The normalized spacial score (nSPS) is 23.0. The van der Waals surface area contributed by atoms with Crippen LogP contribution in [0.2, 0.25) is 26.2 Å². The first-order valence-electron chi connectivity index (χ1n) is 11.8. The van der Waals surface area contributed by atoms with Gasteiger partial charge in [-0.1, -0.05) is 0 Å². The molecule has 0 unspecified atom stereocenters. The number of hydrogen-bond donors (Lipinski definition) is 0. The summed E-state index contributed by atoms with van der Waals surface area (Å²) in [5.41, 5.74) is 3.30. The standard InChI is InChI=1S/2C12H20NSi.2ClH.Zr/c2*1-11-6-7-12(10-11)14(2,3)13-8-4-5-9-13;;;/h2*6H,4-5,7-9H2,1-3H3;2*1H;/q;;;;+2/p-2. The van der Waals surface area contributed by atoms with Crippen LogP contribution in [0.4, 0.5) is 0 Å². The maximum Gasteiger partial charge on any atom is -1.00 e. The Balaban J connectivity index is 0.00000171. The Morgan fingerprint density at radius 2 is 0.968 bits per heavy atom. The van der Waals surface area contributed by atoms with Gasteiger partial charge in [0.05, 0.1) is 0 Å². The Labute approximate surface area is 217 Å². The van der Waals surface area contributed by atoms with Crippen LogP contribution in [-0.4, -0.2) is 51.8 Å². The summed E-state index contributed by atoms with van der Waals surface area (Å²) in [5.74, 6) is 0. The molecule has 2 heterocycles. The van der Waals surface area contributed by atoms with Crippen molar-refractivity contribution in [2.75, 3.05) is 26.2 Å². The van der Waals surface area contributed by atoms with Crippen LogP contribution in [0.25, 0.3) is 0 Å². The Bertz CT molecular complexity index is 736. The third-order valence-corrected chi connectivity index (χ3v) is 21.9. The van der Waals surface area contributed by atoms with Gasteiger partial charge in [0, 0.05) is 0 Å². The van der Waals surface area contributed by atoms with E-state index in [-0.39, 0.29) is 24.8 Å². The van der Waals surface area contributed by atoms with Crippen LogP contribution in [0, 0.1) is 0 Å². The maximum atomic E-state index is 2.91.